The van der Waals surface area contributed by atoms with E-state index in [1.165, 1.54) is 4.57 Å². The Labute approximate surface area is 123 Å². The molecule has 114 valence electrons. The zero-order valence-electron chi connectivity index (χ0n) is 12.8. The summed E-state index contributed by atoms with van der Waals surface area (Å²) in [5.41, 5.74) is 2.56. The van der Waals surface area contributed by atoms with Crippen LogP contribution < -0.4 is 11.1 Å². The number of rotatable bonds is 4. The maximum absolute atomic E-state index is 11.6. The maximum atomic E-state index is 11.6. The van der Waals surface area contributed by atoms with E-state index in [1.54, 1.807) is 7.05 Å². The van der Waals surface area contributed by atoms with Gasteiger partial charge in [-0.2, -0.15) is 0 Å². The molecule has 0 radical (unpaired) electrons. The first-order valence-corrected chi connectivity index (χ1v) is 7.56. The highest BCUT2D eigenvalue weighted by molar-refractivity contribution is 5.73. The predicted octanol–water partition coefficient (Wildman–Crippen LogP) is 2.21. The fraction of sp³-hybridized carbons (Fsp3) is 0.562. The fourth-order valence-electron chi connectivity index (χ4n) is 3.13. The Morgan fingerprint density at radius 3 is 2.95 bits per heavy atom. The van der Waals surface area contributed by atoms with Crippen LogP contribution in [0.4, 0.5) is 0 Å². The minimum absolute atomic E-state index is 0.127. The highest BCUT2D eigenvalue weighted by Gasteiger charge is 2.32. The Morgan fingerprint density at radius 2 is 2.29 bits per heavy atom. The van der Waals surface area contributed by atoms with Crippen LogP contribution in [-0.4, -0.2) is 23.8 Å². The summed E-state index contributed by atoms with van der Waals surface area (Å²) in [5.74, 6) is 0.195. The first-order chi connectivity index (χ1) is 10.1. The molecule has 0 spiro atoms. The van der Waals surface area contributed by atoms with Crippen molar-refractivity contribution >= 4 is 11.1 Å². The monoisotopic (exact) mass is 290 g/mol. The van der Waals surface area contributed by atoms with Crippen molar-refractivity contribution in [2.75, 3.05) is 13.2 Å². The van der Waals surface area contributed by atoms with Crippen molar-refractivity contribution in [2.24, 2.45) is 13.0 Å². The van der Waals surface area contributed by atoms with Gasteiger partial charge in [0.2, 0.25) is 0 Å². The average molecular weight is 290 g/mol. The van der Waals surface area contributed by atoms with Crippen molar-refractivity contribution in [1.29, 1.82) is 0 Å². The van der Waals surface area contributed by atoms with Crippen molar-refractivity contribution in [3.63, 3.8) is 0 Å². The topological polar surface area (TPSA) is 56.4 Å². The molecule has 0 bridgehead atoms. The van der Waals surface area contributed by atoms with Gasteiger partial charge >= 0.3 is 5.76 Å². The summed E-state index contributed by atoms with van der Waals surface area (Å²) < 4.78 is 12.7. The first-order valence-electron chi connectivity index (χ1n) is 7.56. The molecule has 3 atom stereocenters. The van der Waals surface area contributed by atoms with E-state index < -0.39 is 0 Å². The van der Waals surface area contributed by atoms with Crippen LogP contribution in [-0.2, 0) is 11.8 Å². The number of nitrogens with zero attached hydrogens (tertiary/aromatic N) is 1. The molecule has 1 fully saturated rings. The Kier molecular flexibility index (Phi) is 3.87. The van der Waals surface area contributed by atoms with Crippen molar-refractivity contribution in [3.8, 4) is 0 Å². The number of hydrogen-bond acceptors (Lipinski definition) is 4. The minimum Gasteiger partial charge on any atom is -0.408 e. The molecule has 1 aliphatic heterocycles. The smallest absolute Gasteiger partial charge is 0.408 e. The summed E-state index contributed by atoms with van der Waals surface area (Å²) in [4.78, 5) is 11.6. The van der Waals surface area contributed by atoms with Gasteiger partial charge in [0.05, 0.1) is 17.7 Å². The normalized spacial score (nSPS) is 23.8. The second-order valence-corrected chi connectivity index (χ2v) is 5.79. The Bertz CT molecular complexity index is 688. The number of fused-ring (bicyclic) bond motifs is 1. The SMILES string of the molecule is CCNC(c1ccc2c(c1)oc(=O)n2C)C1OCCC1C. The molecule has 5 nitrogen and oxygen atoms in total. The second kappa shape index (κ2) is 5.66. The molecule has 1 aromatic heterocycles. The molecule has 2 aromatic rings. The Morgan fingerprint density at radius 1 is 1.48 bits per heavy atom. The van der Waals surface area contributed by atoms with E-state index in [9.17, 15) is 4.79 Å². The van der Waals surface area contributed by atoms with Crippen LogP contribution >= 0.6 is 0 Å². The van der Waals surface area contributed by atoms with Gasteiger partial charge in [-0.1, -0.05) is 19.9 Å². The van der Waals surface area contributed by atoms with Gasteiger partial charge in [0.1, 0.15) is 0 Å². The minimum atomic E-state index is -0.326. The second-order valence-electron chi connectivity index (χ2n) is 5.79. The van der Waals surface area contributed by atoms with Crippen molar-refractivity contribution in [2.45, 2.75) is 32.4 Å². The quantitative estimate of drug-likeness (QED) is 0.938. The number of ether oxygens (including phenoxy) is 1. The van der Waals surface area contributed by atoms with Crippen LogP contribution in [0.5, 0.6) is 0 Å². The van der Waals surface area contributed by atoms with Gasteiger partial charge in [-0.3, -0.25) is 4.57 Å². The first kappa shape index (κ1) is 14.4. The van der Waals surface area contributed by atoms with Crippen molar-refractivity contribution in [3.05, 3.63) is 34.3 Å². The van der Waals surface area contributed by atoms with Gasteiger partial charge in [-0.05, 0) is 36.6 Å². The van der Waals surface area contributed by atoms with Crippen LogP contribution in [0.15, 0.2) is 27.4 Å². The molecule has 21 heavy (non-hydrogen) atoms. The third-order valence-corrected chi connectivity index (χ3v) is 4.37. The Hall–Kier alpha value is -1.59. The summed E-state index contributed by atoms with van der Waals surface area (Å²) in [6.07, 6.45) is 1.26. The molecule has 1 aromatic carbocycles. The van der Waals surface area contributed by atoms with E-state index in [-0.39, 0.29) is 17.9 Å². The summed E-state index contributed by atoms with van der Waals surface area (Å²) in [6.45, 7) is 6.00. The molecule has 0 saturated carbocycles. The lowest BCUT2D eigenvalue weighted by Crippen LogP contribution is -2.34. The van der Waals surface area contributed by atoms with Crippen molar-refractivity contribution in [1.82, 2.24) is 9.88 Å². The van der Waals surface area contributed by atoms with Crippen LogP contribution in [0, 0.1) is 5.92 Å². The fourth-order valence-corrected chi connectivity index (χ4v) is 3.13. The Balaban J connectivity index is 2.00. The maximum Gasteiger partial charge on any atom is 0.419 e. The number of nitrogens with one attached hydrogen (secondary N) is 1. The number of aryl methyl sites for hydroxylation is 1. The van der Waals surface area contributed by atoms with E-state index in [2.05, 4.69) is 25.2 Å². The summed E-state index contributed by atoms with van der Waals surface area (Å²) >= 11 is 0. The highest BCUT2D eigenvalue weighted by Crippen LogP contribution is 2.32. The number of hydrogen-bond donors (Lipinski definition) is 1. The van der Waals surface area contributed by atoms with E-state index in [4.69, 9.17) is 9.15 Å². The summed E-state index contributed by atoms with van der Waals surface area (Å²) in [5, 5.41) is 3.51. The van der Waals surface area contributed by atoms with Gasteiger partial charge in [-0.25, -0.2) is 4.79 Å². The number of aromatic nitrogens is 1. The van der Waals surface area contributed by atoms with Gasteiger partial charge in [0, 0.05) is 13.7 Å². The van der Waals surface area contributed by atoms with Crippen molar-refractivity contribution < 1.29 is 9.15 Å². The summed E-state index contributed by atoms with van der Waals surface area (Å²) in [6, 6.07) is 6.08. The molecular weight excluding hydrogens is 268 g/mol. The van der Waals surface area contributed by atoms with Gasteiger partial charge in [-0.15, -0.1) is 0 Å². The lowest BCUT2D eigenvalue weighted by Gasteiger charge is -2.27. The highest BCUT2D eigenvalue weighted by atomic mass is 16.5. The zero-order valence-corrected chi connectivity index (χ0v) is 12.8. The molecule has 1 N–H and O–H groups in total. The number of benzene rings is 1. The van der Waals surface area contributed by atoms with Crippen LogP contribution in [0.1, 0.15) is 31.9 Å². The van der Waals surface area contributed by atoms with E-state index in [0.717, 1.165) is 30.7 Å². The molecule has 1 saturated heterocycles. The van der Waals surface area contributed by atoms with Gasteiger partial charge in [0.15, 0.2) is 5.58 Å². The molecular formula is C16H22N2O3. The van der Waals surface area contributed by atoms with Crippen LogP contribution in [0.25, 0.3) is 11.1 Å². The molecule has 2 heterocycles. The van der Waals surface area contributed by atoms with E-state index >= 15 is 0 Å². The lowest BCUT2D eigenvalue weighted by atomic mass is 9.92. The van der Waals surface area contributed by atoms with Gasteiger partial charge < -0.3 is 14.5 Å². The predicted molar refractivity (Wildman–Crippen MR) is 81.4 cm³/mol. The zero-order chi connectivity index (χ0) is 15.0. The number of oxazole rings is 1. The number of likely N-dealkylation sites (N-methyl/N-ethyl adjacent to an activating group) is 1. The standard InChI is InChI=1S/C16H22N2O3/c1-4-17-14(15-10(2)7-8-20-15)11-5-6-12-13(9-11)21-16(19)18(12)3/h5-6,9-10,14-15,17H,4,7-8H2,1-3H3. The third kappa shape index (κ3) is 2.51. The average Bonchev–Trinajstić information content (AvgIpc) is 3.01. The molecule has 3 unspecified atom stereocenters. The van der Waals surface area contributed by atoms with Gasteiger partial charge in [0.25, 0.3) is 0 Å². The molecule has 1 aliphatic rings. The van der Waals surface area contributed by atoms with Crippen LogP contribution in [0.3, 0.4) is 0 Å². The van der Waals surface area contributed by atoms with E-state index in [0.29, 0.717) is 11.5 Å². The third-order valence-electron chi connectivity index (χ3n) is 4.37. The molecule has 5 heteroatoms. The molecule has 3 rings (SSSR count). The molecule has 0 aliphatic carbocycles. The molecule has 0 amide bonds. The van der Waals surface area contributed by atoms with Crippen LogP contribution in [0.2, 0.25) is 0 Å². The summed E-state index contributed by atoms with van der Waals surface area (Å²) in [7, 11) is 1.72. The lowest BCUT2D eigenvalue weighted by molar-refractivity contribution is 0.0612. The largest absolute Gasteiger partial charge is 0.419 e. The van der Waals surface area contributed by atoms with E-state index in [1.807, 2.05) is 12.1 Å².